The number of unbranched alkanes of at least 4 members (excludes halogenated alkanes) is 9. The Balaban J connectivity index is 0.000000479. The average Bonchev–Trinajstić information content (AvgIpc) is 3.45. The van der Waals surface area contributed by atoms with Crippen LogP contribution in [0.25, 0.3) is 0 Å². The van der Waals surface area contributed by atoms with Crippen LogP contribution in [0.4, 0.5) is 11.4 Å². The topological polar surface area (TPSA) is 24.9 Å². The molecule has 0 heterocycles. The highest BCUT2D eigenvalue weighted by atomic mass is 16.5. The van der Waals surface area contributed by atoms with E-state index in [-0.39, 0.29) is 0 Å². The van der Waals surface area contributed by atoms with E-state index in [0.717, 1.165) is 50.5 Å². The Morgan fingerprint density at radius 1 is 0.316 bits per heavy atom. The van der Waals surface area contributed by atoms with Crippen LogP contribution >= 0.6 is 0 Å². The molecule has 0 saturated carbocycles. The van der Waals surface area contributed by atoms with E-state index >= 15 is 0 Å². The second kappa shape index (κ2) is 45.3. The molecule has 0 N–H and O–H groups in total. The maximum Gasteiger partial charge on any atom is 0.122 e. The minimum absolute atomic E-state index is 0.746. The Kier molecular flexibility index (Phi) is 41.0. The van der Waals surface area contributed by atoms with Gasteiger partial charge in [0.15, 0.2) is 0 Å². The molecule has 6 rings (SSSR count). The lowest BCUT2D eigenvalue weighted by atomic mass is 9.98. The monoisotopic (exact) mass is 1080 g/mol. The minimum Gasteiger partial charge on any atom is -0.494 e. The van der Waals surface area contributed by atoms with E-state index in [1.165, 1.54) is 170 Å². The molecule has 4 nitrogen and oxygen atoms in total. The molecule has 79 heavy (non-hydrogen) atoms. The van der Waals surface area contributed by atoms with E-state index in [2.05, 4.69) is 248 Å². The third-order valence-electron chi connectivity index (χ3n) is 14.2. The highest BCUT2D eigenvalue weighted by Crippen LogP contribution is 2.23. The summed E-state index contributed by atoms with van der Waals surface area (Å²) in [5.74, 6) is 2.13. The van der Waals surface area contributed by atoms with Gasteiger partial charge in [-0.05, 0) is 182 Å². The summed E-state index contributed by atoms with van der Waals surface area (Å²) in [5.41, 5.74) is 17.7. The standard InChI is InChI=1S/C17H28O.C14H23N.C13H20.C11H17N.C11H16O.C9H12/c1-4-6-7-8-9-10-13-18-17-14-15(3)11-12-16(17)5-2;1-4-5-6-7-12-15(3)14-10-8-13(2)9-11-14;1-4-6-7-13-10-11(3)8-9-12(13)5-2;1-4-9-12(3)11-7-5-10(2)6-8-11;1-4-10-7-6-9(3)8-11(10)12-5-2;1-3-9-6-4-8(2)5-7-9/h11-12,14H,4-10,13H2,1-3H3;8-11H,4-7,12H2,1-3H3;8-10H,4-7H2,1-3H3;5-8H,4,9H2,1-3H3;6-8H,4-5H2,1-3H3;4-7H,3H2,1-2H3. The molecular formula is C75H116N2O2. The second-order valence-electron chi connectivity index (χ2n) is 21.6. The van der Waals surface area contributed by atoms with Crippen LogP contribution in [0.5, 0.6) is 11.5 Å². The van der Waals surface area contributed by atoms with E-state index in [4.69, 9.17) is 9.47 Å². The maximum absolute atomic E-state index is 5.92. The van der Waals surface area contributed by atoms with Gasteiger partial charge in [-0.3, -0.25) is 0 Å². The molecule has 0 unspecified atom stereocenters. The van der Waals surface area contributed by atoms with Crippen molar-refractivity contribution in [2.45, 2.75) is 219 Å². The summed E-state index contributed by atoms with van der Waals surface area (Å²) in [5, 5.41) is 0. The first-order valence-corrected chi connectivity index (χ1v) is 31.3. The van der Waals surface area contributed by atoms with Crippen molar-refractivity contribution in [3.63, 3.8) is 0 Å². The Morgan fingerprint density at radius 3 is 1.15 bits per heavy atom. The smallest absolute Gasteiger partial charge is 0.122 e. The molecule has 0 fully saturated rings. The van der Waals surface area contributed by atoms with Crippen molar-refractivity contribution in [2.75, 3.05) is 50.2 Å². The van der Waals surface area contributed by atoms with E-state index < -0.39 is 0 Å². The Hall–Kier alpha value is -5.48. The summed E-state index contributed by atoms with van der Waals surface area (Å²) < 4.78 is 11.4. The number of hydrogen-bond donors (Lipinski definition) is 0. The normalized spacial score (nSPS) is 10.2. The molecule has 0 spiro atoms. The van der Waals surface area contributed by atoms with Gasteiger partial charge in [-0.1, -0.05) is 226 Å². The van der Waals surface area contributed by atoms with E-state index in [1.54, 1.807) is 5.56 Å². The van der Waals surface area contributed by atoms with E-state index in [0.29, 0.717) is 0 Å². The molecule has 438 valence electrons. The largest absolute Gasteiger partial charge is 0.494 e. The van der Waals surface area contributed by atoms with Crippen LogP contribution in [-0.2, 0) is 32.1 Å². The minimum atomic E-state index is 0.746. The van der Waals surface area contributed by atoms with Crippen molar-refractivity contribution in [1.82, 2.24) is 0 Å². The van der Waals surface area contributed by atoms with Gasteiger partial charge in [0.2, 0.25) is 0 Å². The van der Waals surface area contributed by atoms with Gasteiger partial charge in [0.1, 0.15) is 11.5 Å². The van der Waals surface area contributed by atoms with Crippen LogP contribution in [0.15, 0.2) is 127 Å². The van der Waals surface area contributed by atoms with Crippen LogP contribution in [0, 0.1) is 41.5 Å². The molecule has 6 aromatic carbocycles. The lowest BCUT2D eigenvalue weighted by molar-refractivity contribution is 0.301. The maximum atomic E-state index is 5.92. The predicted molar refractivity (Wildman–Crippen MR) is 354 cm³/mol. The van der Waals surface area contributed by atoms with Crippen LogP contribution < -0.4 is 19.3 Å². The SMILES string of the molecule is CCCCCCCCOc1cc(C)ccc1CC.CCCCCCN(C)c1ccc(C)cc1.CCCCc1cc(C)ccc1CC.CCCN(C)c1ccc(C)cc1.CCOc1cc(C)ccc1CC.CCc1ccc(C)cc1. The van der Waals surface area contributed by atoms with Crippen LogP contribution in [-0.4, -0.2) is 40.4 Å². The molecule has 0 aromatic heterocycles. The fourth-order valence-electron chi connectivity index (χ4n) is 8.89. The molecule has 0 atom stereocenters. The molecule has 0 aliphatic heterocycles. The first-order chi connectivity index (χ1) is 38.1. The van der Waals surface area contributed by atoms with Crippen molar-refractivity contribution in [3.8, 4) is 11.5 Å². The van der Waals surface area contributed by atoms with Gasteiger partial charge in [0.05, 0.1) is 13.2 Å². The van der Waals surface area contributed by atoms with Crippen molar-refractivity contribution >= 4 is 11.4 Å². The van der Waals surface area contributed by atoms with Gasteiger partial charge in [0.25, 0.3) is 0 Å². The van der Waals surface area contributed by atoms with E-state index in [1.807, 2.05) is 6.92 Å². The predicted octanol–water partition coefficient (Wildman–Crippen LogP) is 21.6. The number of benzene rings is 6. The Labute approximate surface area is 488 Å². The first kappa shape index (κ1) is 71.5. The molecule has 0 aliphatic carbocycles. The van der Waals surface area contributed by atoms with Gasteiger partial charge in [-0.15, -0.1) is 0 Å². The zero-order chi connectivity index (χ0) is 58.6. The summed E-state index contributed by atoms with van der Waals surface area (Å²) >= 11 is 0. The Bertz CT molecular complexity index is 2380. The van der Waals surface area contributed by atoms with E-state index in [9.17, 15) is 0 Å². The summed E-state index contributed by atoms with van der Waals surface area (Å²) in [7, 11) is 4.31. The number of ether oxygens (including phenoxy) is 2. The van der Waals surface area contributed by atoms with Gasteiger partial charge >= 0.3 is 0 Å². The zero-order valence-electron chi connectivity index (χ0n) is 53.9. The molecule has 4 heteroatoms. The Morgan fingerprint density at radius 2 is 0.709 bits per heavy atom. The van der Waals surface area contributed by atoms with Crippen molar-refractivity contribution in [3.05, 3.63) is 189 Å². The summed E-state index contributed by atoms with van der Waals surface area (Å²) in [6.45, 7) is 36.4. The van der Waals surface area contributed by atoms with Crippen molar-refractivity contribution in [2.24, 2.45) is 0 Å². The molecule has 0 radical (unpaired) electrons. The quantitative estimate of drug-likeness (QED) is 0.0506. The third kappa shape index (κ3) is 33.0. The summed E-state index contributed by atoms with van der Waals surface area (Å²) in [4.78, 5) is 4.62. The highest BCUT2D eigenvalue weighted by molar-refractivity contribution is 5.47. The fourth-order valence-corrected chi connectivity index (χ4v) is 8.89. The molecule has 0 aliphatic rings. The lowest BCUT2D eigenvalue weighted by Crippen LogP contribution is -2.18. The van der Waals surface area contributed by atoms with Gasteiger partial charge in [0, 0.05) is 38.6 Å². The van der Waals surface area contributed by atoms with Gasteiger partial charge < -0.3 is 19.3 Å². The molecule has 6 aromatic rings. The zero-order valence-corrected chi connectivity index (χ0v) is 53.9. The average molecular weight is 1080 g/mol. The number of rotatable bonds is 26. The number of anilines is 2. The molecule has 0 bridgehead atoms. The lowest BCUT2D eigenvalue weighted by Gasteiger charge is -2.19. The summed E-state index contributed by atoms with van der Waals surface area (Å²) in [6.07, 6.45) is 22.7. The van der Waals surface area contributed by atoms with Crippen LogP contribution in [0.3, 0.4) is 0 Å². The van der Waals surface area contributed by atoms with Crippen molar-refractivity contribution < 1.29 is 9.47 Å². The van der Waals surface area contributed by atoms with Crippen LogP contribution in [0.2, 0.25) is 0 Å². The second-order valence-corrected chi connectivity index (χ2v) is 21.6. The molecule has 0 amide bonds. The third-order valence-corrected chi connectivity index (χ3v) is 14.2. The summed E-state index contributed by atoms with van der Waals surface area (Å²) in [6, 6.07) is 45.8. The van der Waals surface area contributed by atoms with Gasteiger partial charge in [-0.2, -0.15) is 0 Å². The van der Waals surface area contributed by atoms with Crippen molar-refractivity contribution in [1.29, 1.82) is 0 Å². The highest BCUT2D eigenvalue weighted by Gasteiger charge is 2.05. The van der Waals surface area contributed by atoms with Gasteiger partial charge in [-0.25, -0.2) is 0 Å². The molecular weight excluding hydrogens is 961 g/mol. The fraction of sp³-hybridized carbons (Fsp3) is 0.520. The first-order valence-electron chi connectivity index (χ1n) is 31.3. The molecule has 0 saturated heterocycles. The number of hydrogen-bond acceptors (Lipinski definition) is 4. The van der Waals surface area contributed by atoms with Crippen LogP contribution in [0.1, 0.15) is 207 Å². The number of nitrogens with zero attached hydrogens (tertiary/aromatic N) is 2. The number of aryl methyl sites for hydroxylation is 11.